The molecule has 0 aliphatic rings. The van der Waals surface area contributed by atoms with Crippen molar-refractivity contribution in [3.63, 3.8) is 0 Å². The summed E-state index contributed by atoms with van der Waals surface area (Å²) < 4.78 is 34.4. The van der Waals surface area contributed by atoms with Gasteiger partial charge in [0.05, 0.1) is 0 Å². The summed E-state index contributed by atoms with van der Waals surface area (Å²) in [7, 11) is -3.20. The lowest BCUT2D eigenvalue weighted by molar-refractivity contribution is -0.675. The van der Waals surface area contributed by atoms with E-state index in [4.69, 9.17) is 17.5 Å². The van der Waals surface area contributed by atoms with E-state index in [1.165, 1.54) is 13.8 Å². The first kappa shape index (κ1) is 16.4. The first-order chi connectivity index (χ1) is 8.04. The Morgan fingerprint density at radius 3 is 1.67 bits per heavy atom. The Bertz CT molecular complexity index is 523. The fourth-order valence-electron chi connectivity index (χ4n) is 1.29. The number of hydrogen-bond donors (Lipinski definition) is 1. The molecule has 1 N–H and O–H groups in total. The number of pyridine rings is 1. The molecule has 1 aromatic rings. The maximum Gasteiger partial charge on any atom is 0.248 e. The molecule has 100 valence electrons. The van der Waals surface area contributed by atoms with E-state index in [9.17, 15) is 9.59 Å². The largest absolute Gasteiger partial charge is 0.726 e. The van der Waals surface area contributed by atoms with Gasteiger partial charge in [-0.3, -0.25) is 14.1 Å². The van der Waals surface area contributed by atoms with Gasteiger partial charge >= 0.3 is 0 Å². The Balaban J connectivity index is 0.000000494. The Labute approximate surface area is 105 Å². The summed E-state index contributed by atoms with van der Waals surface area (Å²) in [4.78, 5) is 22.2. The van der Waals surface area contributed by atoms with Crippen molar-refractivity contribution >= 4 is 22.0 Å². The van der Waals surface area contributed by atoms with Crippen LogP contribution in [0.1, 0.15) is 34.8 Å². The number of aromatic nitrogens is 1. The second-order valence-electron chi connectivity index (χ2n) is 3.40. The zero-order chi connectivity index (χ0) is 14.5. The molecule has 1 heterocycles. The van der Waals surface area contributed by atoms with Crippen molar-refractivity contribution in [2.75, 3.05) is 0 Å². The predicted octanol–water partition coefficient (Wildman–Crippen LogP) is -0.0791. The topological polar surface area (TPSA) is 115 Å². The van der Waals surface area contributed by atoms with E-state index in [0.717, 1.165) is 0 Å². The summed E-state index contributed by atoms with van der Waals surface area (Å²) in [5, 5.41) is 0. The van der Waals surface area contributed by atoms with Crippen LogP contribution >= 0.6 is 0 Å². The van der Waals surface area contributed by atoms with Crippen LogP contribution < -0.4 is 4.57 Å². The molecule has 0 radical (unpaired) electrons. The van der Waals surface area contributed by atoms with Crippen molar-refractivity contribution in [3.05, 3.63) is 29.6 Å². The summed E-state index contributed by atoms with van der Waals surface area (Å²) >= 11 is 0. The number of carbonyl (C=O) groups is 2. The highest BCUT2D eigenvalue weighted by Gasteiger charge is 2.18. The molecule has 18 heavy (non-hydrogen) atoms. The maximum absolute atomic E-state index is 11.1. The van der Waals surface area contributed by atoms with Crippen molar-refractivity contribution in [1.29, 1.82) is 0 Å². The van der Waals surface area contributed by atoms with Crippen LogP contribution in [0.4, 0.5) is 0 Å². The molecule has 0 unspecified atom stereocenters. The number of hydrogen-bond acceptors (Lipinski definition) is 5. The Kier molecular flexibility index (Phi) is 5.76. The zero-order valence-corrected chi connectivity index (χ0v) is 10.9. The van der Waals surface area contributed by atoms with Crippen LogP contribution in [0.3, 0.4) is 0 Å². The smallest absolute Gasteiger partial charge is 0.248 e. The van der Waals surface area contributed by atoms with E-state index in [2.05, 4.69) is 0 Å². The Morgan fingerprint density at radius 2 is 1.44 bits per heavy atom. The van der Waals surface area contributed by atoms with E-state index in [1.54, 1.807) is 29.8 Å². The minimum absolute atomic E-state index is 0.0365. The van der Waals surface area contributed by atoms with E-state index >= 15 is 0 Å². The molecular formula is C10H13NO6S. The Morgan fingerprint density at radius 1 is 1.17 bits per heavy atom. The average Bonchev–Trinajstić information content (AvgIpc) is 2.14. The second kappa shape index (κ2) is 6.34. The van der Waals surface area contributed by atoms with Crippen LogP contribution in [0.5, 0.6) is 0 Å². The number of Topliss-reactive ketones (excluding diaryl/α,β-unsaturated/α-hetero) is 2. The third kappa shape index (κ3) is 6.18. The van der Waals surface area contributed by atoms with Gasteiger partial charge in [-0.2, -0.15) is 4.57 Å². The highest BCUT2D eigenvalue weighted by molar-refractivity contribution is 7.79. The molecular weight excluding hydrogens is 262 g/mol. The van der Waals surface area contributed by atoms with Crippen LogP contribution in [-0.2, 0) is 17.4 Å². The summed E-state index contributed by atoms with van der Waals surface area (Å²) in [6.07, 6.45) is 0. The molecule has 0 saturated carbocycles. The quantitative estimate of drug-likeness (QED) is 0.349. The summed E-state index contributed by atoms with van der Waals surface area (Å²) in [5.74, 6) is -0.0730. The van der Waals surface area contributed by atoms with Gasteiger partial charge in [0.2, 0.25) is 33.4 Å². The van der Waals surface area contributed by atoms with Crippen LogP contribution in [0.2, 0.25) is 0 Å². The van der Waals surface area contributed by atoms with Crippen molar-refractivity contribution in [1.82, 2.24) is 0 Å². The first-order valence-corrected chi connectivity index (χ1v) is 6.09. The maximum atomic E-state index is 11.1. The second-order valence-corrected chi connectivity index (χ2v) is 4.25. The molecule has 1 rings (SSSR count). The van der Waals surface area contributed by atoms with Gasteiger partial charge in [0, 0.05) is 26.0 Å². The highest BCUT2D eigenvalue weighted by atomic mass is 32.3. The predicted molar refractivity (Wildman–Crippen MR) is 60.0 cm³/mol. The molecule has 7 nitrogen and oxygen atoms in total. The van der Waals surface area contributed by atoms with Crippen molar-refractivity contribution in [2.45, 2.75) is 13.8 Å². The fraction of sp³-hybridized carbons (Fsp3) is 0.300. The molecule has 0 aliphatic carbocycles. The van der Waals surface area contributed by atoms with Gasteiger partial charge in [0.15, 0.2) is 0 Å². The van der Waals surface area contributed by atoms with Gasteiger partial charge < -0.3 is 4.55 Å². The number of nitrogens with zero attached hydrogens (tertiary/aromatic N) is 1. The molecule has 0 saturated heterocycles. The van der Waals surface area contributed by atoms with Gasteiger partial charge in [-0.1, -0.05) is 0 Å². The van der Waals surface area contributed by atoms with Crippen LogP contribution in [0.15, 0.2) is 18.2 Å². The zero-order valence-electron chi connectivity index (χ0n) is 10.1. The van der Waals surface area contributed by atoms with Crippen LogP contribution in [0, 0.1) is 0 Å². The summed E-state index contributed by atoms with van der Waals surface area (Å²) in [6, 6.07) is 5.12. The monoisotopic (exact) mass is 275 g/mol. The number of carbonyl (C=O) groups excluding carboxylic acids is 2. The average molecular weight is 275 g/mol. The fourth-order valence-corrected chi connectivity index (χ4v) is 1.29. The van der Waals surface area contributed by atoms with Gasteiger partial charge in [0.1, 0.15) is 7.05 Å². The van der Waals surface area contributed by atoms with Crippen LogP contribution in [0.25, 0.3) is 0 Å². The molecule has 1 aromatic heterocycles. The Hall–Kier alpha value is -1.64. The normalized spacial score (nSPS) is 10.3. The number of ketones is 2. The molecule has 0 aromatic carbocycles. The molecule has 0 aliphatic heterocycles. The third-order valence-electron chi connectivity index (χ3n) is 1.95. The molecule has 0 atom stereocenters. The van der Waals surface area contributed by atoms with Crippen LogP contribution in [-0.4, -0.2) is 29.1 Å². The first-order valence-electron chi connectivity index (χ1n) is 4.73. The standard InChI is InChI=1S/C10H12NO2.H2O4S/c1-7(12)9-5-4-6-10(8(2)13)11(9)3;1-5(2,3)4/h4-6H,1-3H3;(H2,1,2,3,4)/q+1;/p-1. The SMILES string of the molecule is CC(=O)c1cccc(C(C)=O)[n+]1C.O=S(=O)([O-])O. The lowest BCUT2D eigenvalue weighted by Gasteiger charge is -1.98. The number of rotatable bonds is 2. The van der Waals surface area contributed by atoms with E-state index in [-0.39, 0.29) is 11.6 Å². The van der Waals surface area contributed by atoms with E-state index in [0.29, 0.717) is 11.4 Å². The molecule has 0 amide bonds. The molecule has 0 bridgehead atoms. The van der Waals surface area contributed by atoms with Crippen molar-refractivity contribution < 1.29 is 31.7 Å². The lowest BCUT2D eigenvalue weighted by atomic mass is 10.2. The van der Waals surface area contributed by atoms with Gasteiger partial charge in [-0.25, -0.2) is 8.42 Å². The molecule has 0 spiro atoms. The summed E-state index contributed by atoms with van der Waals surface area (Å²) in [6.45, 7) is 2.97. The molecule has 8 heteroatoms. The van der Waals surface area contributed by atoms with Crippen molar-refractivity contribution in [2.24, 2.45) is 7.05 Å². The minimum atomic E-state index is -4.92. The summed E-state index contributed by atoms with van der Waals surface area (Å²) in [5.41, 5.74) is 1.10. The highest BCUT2D eigenvalue weighted by Crippen LogP contribution is 1.98. The van der Waals surface area contributed by atoms with Gasteiger partial charge in [0.25, 0.3) is 0 Å². The van der Waals surface area contributed by atoms with Gasteiger partial charge in [-0.05, 0) is 6.07 Å². The molecule has 0 fully saturated rings. The lowest BCUT2D eigenvalue weighted by Crippen LogP contribution is -2.41. The van der Waals surface area contributed by atoms with Gasteiger partial charge in [-0.15, -0.1) is 0 Å². The minimum Gasteiger partial charge on any atom is -0.726 e. The van der Waals surface area contributed by atoms with E-state index < -0.39 is 10.4 Å². The van der Waals surface area contributed by atoms with Crippen molar-refractivity contribution in [3.8, 4) is 0 Å². The van der Waals surface area contributed by atoms with E-state index in [1.807, 2.05) is 0 Å². The third-order valence-corrected chi connectivity index (χ3v) is 1.95.